The van der Waals surface area contributed by atoms with Gasteiger partial charge in [-0.05, 0) is 13.8 Å². The van der Waals surface area contributed by atoms with Gasteiger partial charge in [0.2, 0.25) is 5.91 Å². The Morgan fingerprint density at radius 2 is 2.17 bits per heavy atom. The largest absolute Gasteiger partial charge is 0.342 e. The normalized spacial score (nSPS) is 12.3. The Balaban J connectivity index is 3.85. The Morgan fingerprint density at radius 3 is 2.50 bits per heavy atom. The quantitative estimate of drug-likeness (QED) is 0.633. The lowest BCUT2D eigenvalue weighted by Gasteiger charge is -2.17. The summed E-state index contributed by atoms with van der Waals surface area (Å²) in [5.41, 5.74) is 6.47. The van der Waals surface area contributed by atoms with Crippen molar-refractivity contribution in [2.24, 2.45) is 5.73 Å². The van der Waals surface area contributed by atoms with E-state index >= 15 is 0 Å². The summed E-state index contributed by atoms with van der Waals surface area (Å²) in [7, 11) is 1.76. The predicted octanol–water partition coefficient (Wildman–Crippen LogP) is 0.758. The van der Waals surface area contributed by atoms with Gasteiger partial charge in [0, 0.05) is 26.1 Å². The molecular weight excluding hydrogens is 152 g/mol. The molecule has 3 nitrogen and oxygen atoms in total. The molecule has 0 aliphatic heterocycles. The van der Waals surface area contributed by atoms with Crippen LogP contribution in [0.2, 0.25) is 0 Å². The van der Waals surface area contributed by atoms with Crippen LogP contribution in [0.4, 0.5) is 0 Å². The second-order valence-corrected chi connectivity index (χ2v) is 3.39. The Kier molecular flexibility index (Phi) is 4.59. The second kappa shape index (κ2) is 4.93. The Labute approximate surface area is 74.2 Å². The van der Waals surface area contributed by atoms with Crippen molar-refractivity contribution in [3.05, 3.63) is 12.2 Å². The summed E-state index contributed by atoms with van der Waals surface area (Å²) >= 11 is 0. The molecule has 2 N–H and O–H groups in total. The number of nitrogens with two attached hydrogens (primary N) is 1. The maximum atomic E-state index is 11.3. The summed E-state index contributed by atoms with van der Waals surface area (Å²) < 4.78 is 0. The molecule has 70 valence electrons. The zero-order chi connectivity index (χ0) is 9.72. The molecule has 0 aromatic rings. The van der Waals surface area contributed by atoms with Crippen molar-refractivity contribution < 1.29 is 4.79 Å². The van der Waals surface area contributed by atoms with Crippen LogP contribution in [-0.4, -0.2) is 30.4 Å². The van der Waals surface area contributed by atoms with Crippen LogP contribution in [0.15, 0.2) is 12.2 Å². The van der Waals surface area contributed by atoms with Crippen molar-refractivity contribution in [1.82, 2.24) is 4.90 Å². The van der Waals surface area contributed by atoms with Crippen molar-refractivity contribution in [3.8, 4) is 0 Å². The minimum Gasteiger partial charge on any atom is -0.342 e. The first-order valence-electron chi connectivity index (χ1n) is 4.07. The van der Waals surface area contributed by atoms with E-state index in [-0.39, 0.29) is 11.9 Å². The van der Waals surface area contributed by atoms with Crippen molar-refractivity contribution in [2.45, 2.75) is 26.3 Å². The minimum absolute atomic E-state index is 0.0647. The van der Waals surface area contributed by atoms with Crippen molar-refractivity contribution in [1.29, 1.82) is 0 Å². The van der Waals surface area contributed by atoms with E-state index in [2.05, 4.69) is 6.58 Å². The van der Waals surface area contributed by atoms with Crippen LogP contribution in [0.5, 0.6) is 0 Å². The van der Waals surface area contributed by atoms with E-state index in [1.807, 2.05) is 13.8 Å². The Bertz CT molecular complexity index is 175. The first kappa shape index (κ1) is 11.2. The molecule has 0 aliphatic rings. The molecule has 0 heterocycles. The maximum absolute atomic E-state index is 11.3. The third-order valence-corrected chi connectivity index (χ3v) is 1.43. The van der Waals surface area contributed by atoms with Gasteiger partial charge in [-0.3, -0.25) is 4.79 Å². The first-order valence-corrected chi connectivity index (χ1v) is 4.07. The highest BCUT2D eigenvalue weighted by molar-refractivity contribution is 5.76. The molecule has 0 saturated carbocycles. The predicted molar refractivity (Wildman–Crippen MR) is 50.7 cm³/mol. The van der Waals surface area contributed by atoms with Crippen molar-refractivity contribution in [3.63, 3.8) is 0 Å². The molecule has 0 aliphatic carbocycles. The number of likely N-dealkylation sites (N-methyl/N-ethyl adjacent to an activating group) is 1. The zero-order valence-corrected chi connectivity index (χ0v) is 8.13. The zero-order valence-electron chi connectivity index (χ0n) is 8.13. The molecule has 12 heavy (non-hydrogen) atoms. The number of hydrogen-bond donors (Lipinski definition) is 1. The van der Waals surface area contributed by atoms with Gasteiger partial charge in [-0.25, -0.2) is 0 Å². The van der Waals surface area contributed by atoms with Gasteiger partial charge in [0.15, 0.2) is 0 Å². The van der Waals surface area contributed by atoms with Gasteiger partial charge in [-0.2, -0.15) is 0 Å². The molecule has 0 rings (SSSR count). The van der Waals surface area contributed by atoms with Crippen LogP contribution < -0.4 is 5.73 Å². The van der Waals surface area contributed by atoms with E-state index in [1.54, 1.807) is 11.9 Å². The highest BCUT2D eigenvalue weighted by atomic mass is 16.2. The molecule has 1 atom stereocenters. The van der Waals surface area contributed by atoms with E-state index in [0.29, 0.717) is 13.0 Å². The fourth-order valence-electron chi connectivity index (χ4n) is 0.924. The Morgan fingerprint density at radius 1 is 1.67 bits per heavy atom. The van der Waals surface area contributed by atoms with E-state index in [4.69, 9.17) is 5.73 Å². The summed E-state index contributed by atoms with van der Waals surface area (Å²) in [5, 5.41) is 0. The Hall–Kier alpha value is -0.830. The number of amides is 1. The number of carbonyl (C=O) groups excluding carboxylic acids is 1. The molecule has 3 heteroatoms. The first-order chi connectivity index (χ1) is 5.43. The van der Waals surface area contributed by atoms with Gasteiger partial charge in [-0.1, -0.05) is 12.2 Å². The molecular formula is C9H18N2O. The fourth-order valence-corrected chi connectivity index (χ4v) is 0.924. The molecule has 0 spiro atoms. The van der Waals surface area contributed by atoms with Crippen LogP contribution in [-0.2, 0) is 4.79 Å². The number of rotatable bonds is 4. The second-order valence-electron chi connectivity index (χ2n) is 3.39. The van der Waals surface area contributed by atoms with Gasteiger partial charge >= 0.3 is 0 Å². The molecule has 0 aromatic carbocycles. The highest BCUT2D eigenvalue weighted by Gasteiger charge is 2.09. The van der Waals surface area contributed by atoms with Crippen molar-refractivity contribution in [2.75, 3.05) is 13.6 Å². The summed E-state index contributed by atoms with van der Waals surface area (Å²) in [6.45, 7) is 8.07. The number of hydrogen-bond acceptors (Lipinski definition) is 2. The lowest BCUT2D eigenvalue weighted by Crippen LogP contribution is -2.32. The van der Waals surface area contributed by atoms with Gasteiger partial charge in [0.05, 0.1) is 0 Å². The van der Waals surface area contributed by atoms with Gasteiger partial charge in [-0.15, -0.1) is 0 Å². The van der Waals surface area contributed by atoms with Crippen LogP contribution in [0.1, 0.15) is 20.3 Å². The average Bonchev–Trinajstić information content (AvgIpc) is 1.84. The van der Waals surface area contributed by atoms with E-state index < -0.39 is 0 Å². The van der Waals surface area contributed by atoms with Crippen LogP contribution in [0.3, 0.4) is 0 Å². The van der Waals surface area contributed by atoms with Gasteiger partial charge < -0.3 is 10.6 Å². The van der Waals surface area contributed by atoms with Gasteiger partial charge in [0.1, 0.15) is 0 Å². The summed E-state index contributed by atoms with van der Waals surface area (Å²) in [4.78, 5) is 12.9. The monoisotopic (exact) mass is 170 g/mol. The molecule has 0 saturated heterocycles. The maximum Gasteiger partial charge on any atom is 0.224 e. The molecule has 0 radical (unpaired) electrons. The molecule has 1 amide bonds. The van der Waals surface area contributed by atoms with Crippen molar-refractivity contribution >= 4 is 5.91 Å². The number of carbonyl (C=O) groups is 1. The third kappa shape index (κ3) is 4.91. The topological polar surface area (TPSA) is 46.3 Å². The summed E-state index contributed by atoms with van der Waals surface area (Å²) in [6.07, 6.45) is 0.407. The smallest absolute Gasteiger partial charge is 0.224 e. The summed E-state index contributed by atoms with van der Waals surface area (Å²) in [5.74, 6) is 0.0769. The standard InChI is InChI=1S/C9H18N2O/c1-7(2)6-11(4)9(12)5-8(3)10/h8H,1,5-6,10H2,2-4H3. The fraction of sp³-hybridized carbons (Fsp3) is 0.667. The average molecular weight is 170 g/mol. The SMILES string of the molecule is C=C(C)CN(C)C(=O)CC(C)N. The number of nitrogens with zero attached hydrogens (tertiary/aromatic N) is 1. The summed E-state index contributed by atoms with van der Waals surface area (Å²) in [6, 6.07) is -0.0647. The lowest BCUT2D eigenvalue weighted by molar-refractivity contribution is -0.129. The van der Waals surface area contributed by atoms with E-state index in [9.17, 15) is 4.79 Å². The molecule has 0 bridgehead atoms. The van der Waals surface area contributed by atoms with Crippen LogP contribution >= 0.6 is 0 Å². The highest BCUT2D eigenvalue weighted by Crippen LogP contribution is 1.97. The van der Waals surface area contributed by atoms with Crippen LogP contribution in [0.25, 0.3) is 0 Å². The third-order valence-electron chi connectivity index (χ3n) is 1.43. The van der Waals surface area contributed by atoms with E-state index in [0.717, 1.165) is 5.57 Å². The lowest BCUT2D eigenvalue weighted by atomic mass is 10.2. The molecule has 0 aromatic heterocycles. The van der Waals surface area contributed by atoms with Crippen LogP contribution in [0, 0.1) is 0 Å². The molecule has 0 fully saturated rings. The molecule has 1 unspecified atom stereocenters. The van der Waals surface area contributed by atoms with Gasteiger partial charge in [0.25, 0.3) is 0 Å². The minimum atomic E-state index is -0.0647. The van der Waals surface area contributed by atoms with E-state index in [1.165, 1.54) is 0 Å².